The van der Waals surface area contributed by atoms with E-state index in [9.17, 15) is 0 Å². The molecule has 0 spiro atoms. The number of rotatable bonds is 7. The molecule has 5 aromatic rings. The molecule has 7 heteroatoms. The van der Waals surface area contributed by atoms with E-state index in [0.717, 1.165) is 50.9 Å². The summed E-state index contributed by atoms with van der Waals surface area (Å²) in [6.45, 7) is 2.74. The van der Waals surface area contributed by atoms with Crippen molar-refractivity contribution in [2.75, 3.05) is 12.0 Å². The summed E-state index contributed by atoms with van der Waals surface area (Å²) in [5.41, 5.74) is 8.62. The van der Waals surface area contributed by atoms with Gasteiger partial charge in [-0.25, -0.2) is 5.43 Å². The van der Waals surface area contributed by atoms with Gasteiger partial charge in [0.25, 0.3) is 5.95 Å². The minimum absolute atomic E-state index is 0.333. The first-order chi connectivity index (χ1) is 16.2. The lowest BCUT2D eigenvalue weighted by molar-refractivity contribution is 0.317. The zero-order valence-electron chi connectivity index (χ0n) is 18.6. The van der Waals surface area contributed by atoms with Crippen molar-refractivity contribution in [3.63, 3.8) is 0 Å². The summed E-state index contributed by atoms with van der Waals surface area (Å²) in [4.78, 5) is 4.65. The maximum absolute atomic E-state index is 5.77. The number of ether oxygens (including phenoxy) is 1. The Kier molecular flexibility index (Phi) is 5.68. The average molecular weight is 437 g/mol. The van der Waals surface area contributed by atoms with Crippen molar-refractivity contribution >= 4 is 34.2 Å². The number of nitrogens with zero attached hydrogens (tertiary/aromatic N) is 5. The molecule has 0 aliphatic carbocycles. The van der Waals surface area contributed by atoms with Crippen molar-refractivity contribution in [1.82, 2.24) is 19.7 Å². The Bertz CT molecular complexity index is 1440. The molecule has 5 rings (SSSR count). The fraction of sp³-hybridized carbons (Fsp3) is 0.154. The Hall–Kier alpha value is -4.26. The van der Waals surface area contributed by atoms with Crippen LogP contribution in [0.5, 0.6) is 5.75 Å². The lowest BCUT2D eigenvalue weighted by Gasteiger charge is -2.07. The van der Waals surface area contributed by atoms with Gasteiger partial charge in [0.15, 0.2) is 5.65 Å². The lowest BCUT2D eigenvalue weighted by atomic mass is 10.0. The molecular weight excluding hydrogens is 412 g/mol. The first-order valence-electron chi connectivity index (χ1n) is 10.9. The number of fused-ring (bicyclic) bond motifs is 3. The van der Waals surface area contributed by atoms with Crippen molar-refractivity contribution < 1.29 is 4.74 Å². The molecule has 7 nitrogen and oxygen atoms in total. The Morgan fingerprint density at radius 2 is 1.79 bits per heavy atom. The summed E-state index contributed by atoms with van der Waals surface area (Å²) in [5, 5.41) is 14.0. The van der Waals surface area contributed by atoms with Gasteiger partial charge in [-0.3, -0.25) is 0 Å². The zero-order chi connectivity index (χ0) is 22.6. The smallest absolute Gasteiger partial charge is 0.265 e. The minimum Gasteiger partial charge on any atom is -0.493 e. The summed E-state index contributed by atoms with van der Waals surface area (Å²) >= 11 is 0. The quantitative estimate of drug-likeness (QED) is 0.272. The highest BCUT2D eigenvalue weighted by atomic mass is 16.5. The third-order valence-corrected chi connectivity index (χ3v) is 5.46. The molecule has 3 aromatic carbocycles. The number of anilines is 1. The number of para-hydroxylation sites is 1. The van der Waals surface area contributed by atoms with Gasteiger partial charge >= 0.3 is 0 Å². The fourth-order valence-electron chi connectivity index (χ4n) is 3.81. The molecule has 2 aromatic heterocycles. The van der Waals surface area contributed by atoms with E-state index in [0.29, 0.717) is 12.6 Å². The van der Waals surface area contributed by atoms with Crippen molar-refractivity contribution in [3.8, 4) is 16.9 Å². The maximum atomic E-state index is 5.77. The summed E-state index contributed by atoms with van der Waals surface area (Å²) < 4.78 is 7.80. The van der Waals surface area contributed by atoms with Crippen LogP contribution in [0.15, 0.2) is 77.9 Å². The van der Waals surface area contributed by atoms with Gasteiger partial charge in [0.1, 0.15) is 11.3 Å². The predicted molar refractivity (Wildman–Crippen MR) is 133 cm³/mol. The molecule has 0 atom stereocenters. The van der Waals surface area contributed by atoms with E-state index in [4.69, 9.17) is 4.74 Å². The molecule has 0 bridgehead atoms. The molecule has 164 valence electrons. The van der Waals surface area contributed by atoms with Gasteiger partial charge in [0.05, 0.1) is 18.3 Å². The van der Waals surface area contributed by atoms with Crippen LogP contribution >= 0.6 is 0 Å². The van der Waals surface area contributed by atoms with Gasteiger partial charge in [-0.15, -0.1) is 10.2 Å². The van der Waals surface area contributed by atoms with Crippen LogP contribution in [0.3, 0.4) is 0 Å². The zero-order valence-corrected chi connectivity index (χ0v) is 18.6. The van der Waals surface area contributed by atoms with Crippen molar-refractivity contribution in [3.05, 3.63) is 78.4 Å². The predicted octanol–water partition coefficient (Wildman–Crippen LogP) is 5.42. The molecule has 0 aliphatic heterocycles. The molecule has 0 saturated carbocycles. The molecule has 1 N–H and O–H groups in total. The summed E-state index contributed by atoms with van der Waals surface area (Å²) in [7, 11) is 1.98. The number of nitrogens with one attached hydrogen (secondary N) is 1. The molecule has 0 saturated heterocycles. The summed E-state index contributed by atoms with van der Waals surface area (Å²) in [5.74, 6) is 1.13. The second kappa shape index (κ2) is 9.08. The van der Waals surface area contributed by atoms with Gasteiger partial charge in [-0.1, -0.05) is 55.5 Å². The van der Waals surface area contributed by atoms with Crippen LogP contribution in [0.4, 0.5) is 5.95 Å². The van der Waals surface area contributed by atoms with Crippen LogP contribution in [0.2, 0.25) is 0 Å². The van der Waals surface area contributed by atoms with Gasteiger partial charge in [-0.05, 0) is 41.8 Å². The minimum atomic E-state index is 0.333. The topological polar surface area (TPSA) is 77.2 Å². The first kappa shape index (κ1) is 20.6. The van der Waals surface area contributed by atoms with Crippen molar-refractivity contribution in [1.29, 1.82) is 0 Å². The molecule has 33 heavy (non-hydrogen) atoms. The number of benzene rings is 3. The summed E-state index contributed by atoms with van der Waals surface area (Å²) in [6, 6.07) is 24.4. The number of hydrazone groups is 1. The second-order valence-corrected chi connectivity index (χ2v) is 7.72. The fourth-order valence-corrected chi connectivity index (χ4v) is 3.81. The van der Waals surface area contributed by atoms with Crippen molar-refractivity contribution in [2.45, 2.75) is 13.3 Å². The van der Waals surface area contributed by atoms with E-state index in [1.54, 1.807) is 6.21 Å². The molecule has 2 heterocycles. The van der Waals surface area contributed by atoms with Crippen LogP contribution in [0.25, 0.3) is 33.2 Å². The molecule has 0 radical (unpaired) electrons. The standard InChI is InChI=1S/C26H24N6O/c1-3-15-33-23-12-8-7-11-20(23)17-27-30-26-28-25-24(29-31-26)21-16-19(13-14-22(21)32(25)2)18-9-5-4-6-10-18/h4-14,16-17H,3,15H2,1-2H3,(H,28,30,31). The molecule has 0 fully saturated rings. The first-order valence-corrected chi connectivity index (χ1v) is 10.9. The molecule has 0 amide bonds. The van der Waals surface area contributed by atoms with Crippen LogP contribution in [-0.2, 0) is 7.05 Å². The normalized spacial score (nSPS) is 11.5. The highest BCUT2D eigenvalue weighted by Gasteiger charge is 2.13. The van der Waals surface area contributed by atoms with E-state index < -0.39 is 0 Å². The van der Waals surface area contributed by atoms with Crippen LogP contribution < -0.4 is 10.2 Å². The SMILES string of the molecule is CCCOc1ccccc1C=NNc1nnc2c3cc(-c4ccccc4)ccc3n(C)c2n1. The molecular formula is C26H24N6O. The van der Waals surface area contributed by atoms with Crippen LogP contribution in [0, 0.1) is 0 Å². The Morgan fingerprint density at radius 1 is 0.970 bits per heavy atom. The molecule has 0 aliphatic rings. The third-order valence-electron chi connectivity index (χ3n) is 5.46. The molecule has 0 unspecified atom stereocenters. The van der Waals surface area contributed by atoms with Crippen LogP contribution in [0.1, 0.15) is 18.9 Å². The number of aryl methyl sites for hydroxylation is 1. The Labute approximate surface area is 191 Å². The Balaban J connectivity index is 1.44. The highest BCUT2D eigenvalue weighted by Crippen LogP contribution is 2.30. The summed E-state index contributed by atoms with van der Waals surface area (Å²) in [6.07, 6.45) is 2.65. The van der Waals surface area contributed by atoms with Crippen LogP contribution in [-0.4, -0.2) is 32.6 Å². The number of hydrogen-bond donors (Lipinski definition) is 1. The van der Waals surface area contributed by atoms with Gasteiger partial charge in [0, 0.05) is 18.0 Å². The monoisotopic (exact) mass is 436 g/mol. The van der Waals surface area contributed by atoms with Gasteiger partial charge < -0.3 is 9.30 Å². The number of aromatic nitrogens is 4. The average Bonchev–Trinajstić information content (AvgIpc) is 3.15. The van der Waals surface area contributed by atoms with E-state index >= 15 is 0 Å². The third kappa shape index (κ3) is 4.13. The second-order valence-electron chi connectivity index (χ2n) is 7.72. The van der Waals surface area contributed by atoms with E-state index in [2.05, 4.69) is 63.0 Å². The van der Waals surface area contributed by atoms with Gasteiger partial charge in [0.2, 0.25) is 0 Å². The Morgan fingerprint density at radius 3 is 2.64 bits per heavy atom. The van der Waals surface area contributed by atoms with E-state index in [-0.39, 0.29) is 0 Å². The van der Waals surface area contributed by atoms with E-state index in [1.165, 1.54) is 0 Å². The lowest BCUT2D eigenvalue weighted by Crippen LogP contribution is -2.02. The van der Waals surface area contributed by atoms with Gasteiger partial charge in [-0.2, -0.15) is 10.1 Å². The highest BCUT2D eigenvalue weighted by molar-refractivity contribution is 6.05. The largest absolute Gasteiger partial charge is 0.493 e. The maximum Gasteiger partial charge on any atom is 0.265 e. The van der Waals surface area contributed by atoms with E-state index in [1.807, 2.05) is 54.1 Å². The number of hydrogen-bond acceptors (Lipinski definition) is 6. The van der Waals surface area contributed by atoms with Crippen molar-refractivity contribution in [2.24, 2.45) is 12.1 Å².